The lowest BCUT2D eigenvalue weighted by molar-refractivity contribution is 0.940. The molecule has 0 aromatic rings. The summed E-state index contributed by atoms with van der Waals surface area (Å²) in [5, 5.41) is 0. The van der Waals surface area contributed by atoms with Crippen molar-refractivity contribution in [3.05, 3.63) is 6.92 Å². The molecule has 0 saturated heterocycles. The van der Waals surface area contributed by atoms with Crippen LogP contribution in [-0.4, -0.2) is 8.07 Å². The third-order valence-electron chi connectivity index (χ3n) is 2.66. The van der Waals surface area contributed by atoms with E-state index in [-0.39, 0.29) is 0 Å². The van der Waals surface area contributed by atoms with Crippen LogP contribution >= 0.6 is 0 Å². The lowest BCUT2D eigenvalue weighted by Gasteiger charge is -2.24. The summed E-state index contributed by atoms with van der Waals surface area (Å²) in [6, 6.07) is 4.17. The zero-order chi connectivity index (χ0) is 10.9. The highest BCUT2D eigenvalue weighted by molar-refractivity contribution is 6.87. The van der Waals surface area contributed by atoms with E-state index in [4.69, 9.17) is 0 Å². The summed E-state index contributed by atoms with van der Waals surface area (Å²) >= 11 is 0. The lowest BCUT2D eigenvalue weighted by Crippen LogP contribution is -2.32. The lowest BCUT2D eigenvalue weighted by atomic mass is 10.5. The summed E-state index contributed by atoms with van der Waals surface area (Å²) in [5.74, 6) is 3.24. The van der Waals surface area contributed by atoms with Gasteiger partial charge in [0.1, 0.15) is 8.07 Å². The second-order valence-electron chi connectivity index (χ2n) is 4.08. The third-order valence-corrected chi connectivity index (χ3v) is 7.74. The minimum Gasteiger partial charge on any atom is -0.131 e. The molecule has 0 aromatic carbocycles. The van der Waals surface area contributed by atoms with E-state index in [2.05, 4.69) is 39.2 Å². The van der Waals surface area contributed by atoms with Crippen LogP contribution < -0.4 is 0 Å². The summed E-state index contributed by atoms with van der Waals surface area (Å²) in [6.45, 7) is 10.7. The monoisotopic (exact) mass is 209 g/mol. The molecule has 0 saturated carbocycles. The van der Waals surface area contributed by atoms with Crippen molar-refractivity contribution in [3.8, 4) is 11.5 Å². The van der Waals surface area contributed by atoms with Crippen molar-refractivity contribution in [2.45, 2.75) is 64.6 Å². The van der Waals surface area contributed by atoms with Gasteiger partial charge in [-0.15, -0.1) is 11.5 Å². The highest BCUT2D eigenvalue weighted by Crippen LogP contribution is 2.25. The van der Waals surface area contributed by atoms with E-state index in [0.717, 1.165) is 6.42 Å². The molecule has 0 bridgehead atoms. The van der Waals surface area contributed by atoms with Crippen LogP contribution in [0, 0.1) is 18.4 Å². The summed E-state index contributed by atoms with van der Waals surface area (Å²) in [7, 11) is -1.22. The summed E-state index contributed by atoms with van der Waals surface area (Å²) < 4.78 is 0. The first kappa shape index (κ1) is 13.8. The molecule has 0 atom stereocenters. The fourth-order valence-corrected chi connectivity index (χ4v) is 6.74. The van der Waals surface area contributed by atoms with E-state index in [1.54, 1.807) is 0 Å². The predicted molar refractivity (Wildman–Crippen MR) is 68.8 cm³/mol. The van der Waals surface area contributed by atoms with Crippen molar-refractivity contribution in [1.29, 1.82) is 0 Å². The van der Waals surface area contributed by atoms with E-state index in [1.807, 2.05) is 0 Å². The standard InChI is InChI=1S/C13H25Si/c1-5-9-13-14(10-6-2,11-7-3)12-8-4/h1,5-8,10-12H2,2-4H3. The second kappa shape index (κ2) is 8.12. The molecule has 0 unspecified atom stereocenters. The minimum absolute atomic E-state index is 0.784. The maximum atomic E-state index is 3.82. The van der Waals surface area contributed by atoms with Gasteiger partial charge in [-0.3, -0.25) is 0 Å². The average Bonchev–Trinajstić information content (AvgIpc) is 2.16. The van der Waals surface area contributed by atoms with Crippen molar-refractivity contribution in [3.63, 3.8) is 0 Å². The first-order valence-corrected chi connectivity index (χ1v) is 8.66. The van der Waals surface area contributed by atoms with E-state index < -0.39 is 8.07 Å². The van der Waals surface area contributed by atoms with Crippen molar-refractivity contribution in [2.24, 2.45) is 0 Å². The first-order valence-electron chi connectivity index (χ1n) is 6.04. The Bertz CT molecular complexity index is 168. The van der Waals surface area contributed by atoms with E-state index >= 15 is 0 Å². The molecule has 0 spiro atoms. The van der Waals surface area contributed by atoms with Crippen LogP contribution in [0.25, 0.3) is 0 Å². The molecule has 81 valence electrons. The summed E-state index contributed by atoms with van der Waals surface area (Å²) in [4.78, 5) is 0. The van der Waals surface area contributed by atoms with Gasteiger partial charge in [0.05, 0.1) is 0 Å². The summed E-state index contributed by atoms with van der Waals surface area (Å²) in [5.41, 5.74) is 3.61. The molecule has 14 heavy (non-hydrogen) atoms. The van der Waals surface area contributed by atoms with Gasteiger partial charge in [0, 0.05) is 6.42 Å². The van der Waals surface area contributed by atoms with Gasteiger partial charge in [-0.2, -0.15) is 0 Å². The van der Waals surface area contributed by atoms with Crippen LogP contribution in [0.4, 0.5) is 0 Å². The fourth-order valence-electron chi connectivity index (χ4n) is 2.25. The summed E-state index contributed by atoms with van der Waals surface area (Å²) in [6.07, 6.45) is 4.69. The second-order valence-corrected chi connectivity index (χ2v) is 8.39. The molecule has 0 aliphatic heterocycles. The van der Waals surface area contributed by atoms with Gasteiger partial charge in [0.2, 0.25) is 0 Å². The Labute approximate surface area is 91.5 Å². The van der Waals surface area contributed by atoms with Gasteiger partial charge in [0.15, 0.2) is 0 Å². The number of rotatable bonds is 6. The van der Waals surface area contributed by atoms with Crippen LogP contribution in [0.5, 0.6) is 0 Å². The topological polar surface area (TPSA) is 0 Å². The zero-order valence-corrected chi connectivity index (χ0v) is 11.2. The fraction of sp³-hybridized carbons (Fsp3) is 0.769. The number of hydrogen-bond donors (Lipinski definition) is 0. The molecule has 0 heterocycles. The van der Waals surface area contributed by atoms with Crippen LogP contribution in [0.1, 0.15) is 46.5 Å². The van der Waals surface area contributed by atoms with Crippen LogP contribution in [-0.2, 0) is 0 Å². The molecule has 0 fully saturated rings. The Balaban J connectivity index is 4.54. The number of hydrogen-bond acceptors (Lipinski definition) is 0. The highest BCUT2D eigenvalue weighted by Gasteiger charge is 2.27. The Morgan fingerprint density at radius 1 is 0.929 bits per heavy atom. The Hall–Kier alpha value is -0.223. The van der Waals surface area contributed by atoms with Crippen LogP contribution in [0.2, 0.25) is 18.1 Å². The third kappa shape index (κ3) is 4.86. The molecule has 0 amide bonds. The maximum Gasteiger partial charge on any atom is 0.138 e. The van der Waals surface area contributed by atoms with Crippen molar-refractivity contribution in [1.82, 2.24) is 0 Å². The van der Waals surface area contributed by atoms with Gasteiger partial charge in [-0.1, -0.05) is 40.0 Å². The molecule has 0 aliphatic rings. The quantitative estimate of drug-likeness (QED) is 0.448. The molecule has 0 aliphatic carbocycles. The van der Waals surface area contributed by atoms with Crippen LogP contribution in [0.15, 0.2) is 0 Å². The van der Waals surface area contributed by atoms with Gasteiger partial charge in [-0.05, 0) is 25.1 Å². The van der Waals surface area contributed by atoms with Crippen LogP contribution in [0.3, 0.4) is 0 Å². The smallest absolute Gasteiger partial charge is 0.131 e. The minimum atomic E-state index is -1.22. The molecule has 1 heteroatoms. The Morgan fingerprint density at radius 2 is 1.36 bits per heavy atom. The SMILES string of the molecule is [CH2]CC#C[Si](CCC)(CCC)CCC. The molecule has 0 aromatic heterocycles. The molecular formula is C13H25Si. The van der Waals surface area contributed by atoms with Crippen molar-refractivity contribution in [2.75, 3.05) is 0 Å². The predicted octanol–water partition coefficient (Wildman–Crippen LogP) is 4.43. The van der Waals surface area contributed by atoms with Gasteiger partial charge >= 0.3 is 0 Å². The first-order chi connectivity index (χ1) is 6.74. The van der Waals surface area contributed by atoms with Gasteiger partial charge < -0.3 is 0 Å². The zero-order valence-electron chi connectivity index (χ0n) is 10.2. The van der Waals surface area contributed by atoms with E-state index in [9.17, 15) is 0 Å². The largest absolute Gasteiger partial charge is 0.138 e. The molecule has 0 nitrogen and oxygen atoms in total. The molecular weight excluding hydrogens is 184 g/mol. The highest BCUT2D eigenvalue weighted by atomic mass is 28.3. The molecule has 0 N–H and O–H groups in total. The van der Waals surface area contributed by atoms with Crippen molar-refractivity contribution < 1.29 is 0 Å². The van der Waals surface area contributed by atoms with E-state index in [0.29, 0.717) is 0 Å². The maximum absolute atomic E-state index is 3.82. The average molecular weight is 209 g/mol. The Kier molecular flexibility index (Phi) is 7.99. The normalized spacial score (nSPS) is 10.9. The Morgan fingerprint density at radius 3 is 1.64 bits per heavy atom. The van der Waals surface area contributed by atoms with Crippen molar-refractivity contribution >= 4 is 8.07 Å². The molecule has 0 rings (SSSR count). The molecule has 1 radical (unpaired) electrons. The van der Waals surface area contributed by atoms with Gasteiger partial charge in [-0.25, -0.2) is 0 Å². The van der Waals surface area contributed by atoms with Gasteiger partial charge in [0.25, 0.3) is 0 Å². The van der Waals surface area contributed by atoms with E-state index in [1.165, 1.54) is 37.4 Å².